The van der Waals surface area contributed by atoms with Crippen molar-refractivity contribution in [2.24, 2.45) is 5.84 Å². The Labute approximate surface area is 224 Å². The second kappa shape index (κ2) is 10.6. The molecule has 0 saturated carbocycles. The Hall–Kier alpha value is -3.21. The molecule has 0 saturated heterocycles. The van der Waals surface area contributed by atoms with Crippen LogP contribution in [-0.4, -0.2) is 43.8 Å². The van der Waals surface area contributed by atoms with Gasteiger partial charge in [0, 0.05) is 17.8 Å². The topological polar surface area (TPSA) is 123 Å². The van der Waals surface area contributed by atoms with Gasteiger partial charge in [0.2, 0.25) is 0 Å². The zero-order valence-electron chi connectivity index (χ0n) is 22.0. The van der Waals surface area contributed by atoms with Gasteiger partial charge in [-0.1, -0.05) is 32.4 Å². The van der Waals surface area contributed by atoms with Crippen LogP contribution < -0.4 is 10.7 Å². The summed E-state index contributed by atoms with van der Waals surface area (Å²) < 4.78 is 6.62. The molecule has 194 valence electrons. The molecule has 0 radical (unpaired) electrons. The molecule has 1 heterocycles. The number of nitrogens with two attached hydrogens (primary N) is 1. The van der Waals surface area contributed by atoms with Crippen LogP contribution in [0, 0.1) is 22.7 Å². The Morgan fingerprint density at radius 1 is 1.14 bits per heavy atom. The second-order valence-corrected chi connectivity index (χ2v) is 15.8. The van der Waals surface area contributed by atoms with E-state index in [1.807, 2.05) is 17.9 Å². The maximum absolute atomic E-state index is 13.9. The summed E-state index contributed by atoms with van der Waals surface area (Å²) in [6, 6.07) is 12.5. The fourth-order valence-corrected chi connectivity index (χ4v) is 5.92. The number of nitrogens with zero attached hydrogens (tertiary/aromatic N) is 4. The summed E-state index contributed by atoms with van der Waals surface area (Å²) in [6.45, 7) is 12.8. The summed E-state index contributed by atoms with van der Waals surface area (Å²) in [5, 5.41) is 19.3. The van der Waals surface area contributed by atoms with Crippen molar-refractivity contribution in [1.29, 1.82) is 10.5 Å². The van der Waals surface area contributed by atoms with Gasteiger partial charge >= 0.3 is 0 Å². The first-order chi connectivity index (χ1) is 17.2. The van der Waals surface area contributed by atoms with Crippen molar-refractivity contribution in [2.75, 3.05) is 11.4 Å². The lowest BCUT2D eigenvalue weighted by Crippen LogP contribution is -2.59. The Kier molecular flexibility index (Phi) is 8.16. The molecular weight excluding hydrogens is 506 g/mol. The van der Waals surface area contributed by atoms with Crippen LogP contribution in [0.15, 0.2) is 36.4 Å². The molecule has 2 aromatic rings. The number of hydrogen-bond acceptors (Lipinski definition) is 7. The van der Waals surface area contributed by atoms with E-state index in [1.54, 1.807) is 12.1 Å². The van der Waals surface area contributed by atoms with Crippen LogP contribution in [0.25, 0.3) is 0 Å². The lowest BCUT2D eigenvalue weighted by atomic mass is 10.1. The van der Waals surface area contributed by atoms with E-state index in [0.717, 1.165) is 5.56 Å². The van der Waals surface area contributed by atoms with Gasteiger partial charge in [-0.2, -0.15) is 10.5 Å². The molecule has 2 N–H and O–H groups in total. The van der Waals surface area contributed by atoms with E-state index in [9.17, 15) is 14.9 Å². The van der Waals surface area contributed by atoms with Crippen molar-refractivity contribution in [3.05, 3.63) is 63.7 Å². The lowest BCUT2D eigenvalue weighted by molar-refractivity contribution is -0.132. The smallest absolute Gasteiger partial charge is 0.274 e. The molecule has 2 unspecified atom stereocenters. The van der Waals surface area contributed by atoms with Crippen LogP contribution in [0.1, 0.15) is 54.7 Å². The Morgan fingerprint density at radius 3 is 2.30 bits per heavy atom. The summed E-state index contributed by atoms with van der Waals surface area (Å²) in [5.41, 5.74) is 2.44. The minimum atomic E-state index is -2.30. The van der Waals surface area contributed by atoms with Crippen molar-refractivity contribution < 1.29 is 14.0 Å². The molecule has 0 aliphatic carbocycles. The van der Waals surface area contributed by atoms with Crippen molar-refractivity contribution >= 4 is 37.4 Å². The third kappa shape index (κ3) is 5.56. The van der Waals surface area contributed by atoms with Gasteiger partial charge in [0.05, 0.1) is 28.3 Å². The van der Waals surface area contributed by atoms with Crippen LogP contribution in [0.5, 0.6) is 0 Å². The highest BCUT2D eigenvalue weighted by atomic mass is 35.5. The molecule has 0 aromatic heterocycles. The first-order valence-corrected chi connectivity index (χ1v) is 15.3. The summed E-state index contributed by atoms with van der Waals surface area (Å²) in [6.07, 6.45) is -0.0670. The van der Waals surface area contributed by atoms with Crippen LogP contribution in [0.3, 0.4) is 0 Å². The lowest BCUT2D eigenvalue weighted by Gasteiger charge is -2.42. The molecule has 2 aromatic carbocycles. The summed E-state index contributed by atoms with van der Waals surface area (Å²) in [5.74, 6) is 4.84. The van der Waals surface area contributed by atoms with Gasteiger partial charge in [0.25, 0.3) is 11.8 Å². The van der Waals surface area contributed by atoms with Gasteiger partial charge in [0.1, 0.15) is 12.1 Å². The molecular formula is C27H32ClN5O3Si. The summed E-state index contributed by atoms with van der Waals surface area (Å²) in [4.78, 5) is 28.9. The van der Waals surface area contributed by atoms with Crippen molar-refractivity contribution in [2.45, 2.75) is 64.4 Å². The molecule has 2 amide bonds. The van der Waals surface area contributed by atoms with Gasteiger partial charge < -0.3 is 9.33 Å². The zero-order valence-corrected chi connectivity index (χ0v) is 23.8. The molecule has 0 fully saturated rings. The molecule has 0 spiro atoms. The molecule has 10 heteroatoms. The maximum atomic E-state index is 13.9. The average molecular weight is 538 g/mol. The number of hydrogen-bond donors (Lipinski definition) is 1. The van der Waals surface area contributed by atoms with Crippen LogP contribution in [0.2, 0.25) is 23.2 Å². The third-order valence-corrected chi connectivity index (χ3v) is 12.3. The quantitative estimate of drug-likeness (QED) is 0.243. The minimum absolute atomic E-state index is 0.108. The van der Waals surface area contributed by atoms with Crippen LogP contribution in [0.4, 0.5) is 5.69 Å². The highest BCUT2D eigenvalue weighted by Crippen LogP contribution is 2.40. The fraction of sp³-hybridized carbons (Fsp3) is 0.407. The summed E-state index contributed by atoms with van der Waals surface area (Å²) >= 11 is 6.50. The van der Waals surface area contributed by atoms with Crippen molar-refractivity contribution in [3.8, 4) is 12.1 Å². The van der Waals surface area contributed by atoms with E-state index in [-0.39, 0.29) is 10.6 Å². The number of anilines is 1. The standard InChI is InChI=1S/C27H32ClN5O3Si/c1-17(36-37(5,6)27(2,3)4)24(32-14-13-21-22(32)12-11-20(16-30)23(21)28)26(35)33(31)25(34)19-9-7-18(15-29)8-10-19/h7-12,17,24H,13-14,31H2,1-6H3. The van der Waals surface area contributed by atoms with Crippen LogP contribution >= 0.6 is 11.6 Å². The fourth-order valence-electron chi connectivity index (χ4n) is 4.21. The monoisotopic (exact) mass is 537 g/mol. The van der Waals surface area contributed by atoms with Gasteiger partial charge in [-0.3, -0.25) is 9.59 Å². The number of nitriles is 2. The molecule has 1 aliphatic rings. The number of fused-ring (bicyclic) bond motifs is 1. The molecule has 2 atom stereocenters. The Bertz CT molecular complexity index is 1290. The van der Waals surface area contributed by atoms with E-state index >= 15 is 0 Å². The molecule has 0 bridgehead atoms. The maximum Gasteiger partial charge on any atom is 0.274 e. The SMILES string of the molecule is CC(O[Si](C)(C)C(C)(C)C)C(C(=O)N(N)C(=O)c1ccc(C#N)cc1)N1CCc2c1ccc(C#N)c2Cl. The number of benzene rings is 2. The first-order valence-electron chi connectivity index (χ1n) is 12.0. The molecule has 3 rings (SSSR count). The van der Waals surface area contributed by atoms with E-state index in [2.05, 4.69) is 39.9 Å². The second-order valence-electron chi connectivity index (χ2n) is 10.7. The van der Waals surface area contributed by atoms with Gasteiger partial charge in [-0.25, -0.2) is 10.9 Å². The molecule has 8 nitrogen and oxygen atoms in total. The van der Waals surface area contributed by atoms with E-state index in [4.69, 9.17) is 27.1 Å². The normalized spacial score (nSPS) is 14.8. The van der Waals surface area contributed by atoms with Gasteiger partial charge in [-0.05, 0) is 73.4 Å². The average Bonchev–Trinajstić information content (AvgIpc) is 3.27. The minimum Gasteiger partial charge on any atom is -0.412 e. The van der Waals surface area contributed by atoms with E-state index in [0.29, 0.717) is 39.8 Å². The number of carbonyl (C=O) groups is 2. The predicted molar refractivity (Wildman–Crippen MR) is 145 cm³/mol. The largest absolute Gasteiger partial charge is 0.412 e. The first kappa shape index (κ1) is 28.4. The van der Waals surface area contributed by atoms with E-state index < -0.39 is 32.3 Å². The predicted octanol–water partition coefficient (Wildman–Crippen LogP) is 4.77. The van der Waals surface area contributed by atoms with E-state index in [1.165, 1.54) is 24.3 Å². The highest BCUT2D eigenvalue weighted by Gasteiger charge is 2.45. The Morgan fingerprint density at radius 2 is 1.76 bits per heavy atom. The van der Waals surface area contributed by atoms with Gasteiger partial charge in [-0.15, -0.1) is 0 Å². The number of imide groups is 1. The third-order valence-electron chi connectivity index (χ3n) is 7.29. The molecule has 37 heavy (non-hydrogen) atoms. The van der Waals surface area contributed by atoms with Crippen LogP contribution in [-0.2, 0) is 15.6 Å². The van der Waals surface area contributed by atoms with Crippen molar-refractivity contribution in [3.63, 3.8) is 0 Å². The number of amides is 2. The molecule has 1 aliphatic heterocycles. The summed E-state index contributed by atoms with van der Waals surface area (Å²) in [7, 11) is -2.30. The Balaban J connectivity index is 2.02. The number of hydrazine groups is 1. The zero-order chi connectivity index (χ0) is 27.7. The van der Waals surface area contributed by atoms with Gasteiger partial charge in [0.15, 0.2) is 8.32 Å². The number of carbonyl (C=O) groups excluding carboxylic acids is 2. The highest BCUT2D eigenvalue weighted by molar-refractivity contribution is 6.74. The number of rotatable bonds is 6. The van der Waals surface area contributed by atoms with Crippen molar-refractivity contribution in [1.82, 2.24) is 5.01 Å². The number of halogens is 1.